The van der Waals surface area contributed by atoms with E-state index in [4.69, 9.17) is 0 Å². The van der Waals surface area contributed by atoms with Gasteiger partial charge in [-0.3, -0.25) is 4.79 Å². The molecule has 0 radical (unpaired) electrons. The Morgan fingerprint density at radius 3 is 2.59 bits per heavy atom. The van der Waals surface area contributed by atoms with Crippen molar-refractivity contribution in [1.82, 2.24) is 19.6 Å². The van der Waals surface area contributed by atoms with E-state index in [9.17, 15) is 4.79 Å². The molecule has 3 aromatic heterocycles. The van der Waals surface area contributed by atoms with Gasteiger partial charge in [-0.1, -0.05) is 30.3 Å². The summed E-state index contributed by atoms with van der Waals surface area (Å²) in [6.07, 6.45) is 0. The highest BCUT2D eigenvalue weighted by atomic mass is 16.1. The zero-order chi connectivity index (χ0) is 14.7. The molecule has 0 aliphatic rings. The number of rotatable bonds is 0. The van der Waals surface area contributed by atoms with Crippen LogP contribution in [0.1, 0.15) is 0 Å². The highest BCUT2D eigenvalue weighted by molar-refractivity contribution is 6.05. The Balaban J connectivity index is 2.06. The number of nitrogens with zero attached hydrogens (tertiary/aromatic N) is 3. The smallest absolute Gasteiger partial charge is 0.282 e. The normalized spacial score (nSPS) is 11.8. The van der Waals surface area contributed by atoms with E-state index < -0.39 is 0 Å². The van der Waals surface area contributed by atoms with Crippen molar-refractivity contribution in [2.45, 2.75) is 0 Å². The van der Waals surface area contributed by atoms with E-state index >= 15 is 0 Å². The summed E-state index contributed by atoms with van der Waals surface area (Å²) >= 11 is 0. The molecule has 0 fully saturated rings. The lowest BCUT2D eigenvalue weighted by Crippen LogP contribution is -2.17. The summed E-state index contributed by atoms with van der Waals surface area (Å²) < 4.78 is 1.38. The first-order valence-corrected chi connectivity index (χ1v) is 7.00. The van der Waals surface area contributed by atoms with E-state index in [-0.39, 0.29) is 5.56 Å². The van der Waals surface area contributed by atoms with E-state index in [0.29, 0.717) is 16.6 Å². The minimum absolute atomic E-state index is 0.146. The van der Waals surface area contributed by atoms with E-state index in [1.165, 1.54) is 4.52 Å². The van der Waals surface area contributed by atoms with Gasteiger partial charge in [-0.2, -0.15) is 9.61 Å². The van der Waals surface area contributed by atoms with Crippen LogP contribution in [-0.2, 0) is 0 Å². The number of hydrogen-bond donors (Lipinski definition) is 1. The van der Waals surface area contributed by atoms with Gasteiger partial charge >= 0.3 is 0 Å². The summed E-state index contributed by atoms with van der Waals surface area (Å²) in [7, 11) is 0. The van der Waals surface area contributed by atoms with Crippen LogP contribution in [0.2, 0.25) is 0 Å². The van der Waals surface area contributed by atoms with Crippen molar-refractivity contribution >= 4 is 38.5 Å². The van der Waals surface area contributed by atoms with Crippen molar-refractivity contribution in [1.29, 1.82) is 0 Å². The second-order valence-corrected chi connectivity index (χ2v) is 5.28. The largest absolute Gasteiger partial charge is 0.353 e. The van der Waals surface area contributed by atoms with Gasteiger partial charge in [-0.05, 0) is 18.2 Å². The Hall–Kier alpha value is -3.21. The van der Waals surface area contributed by atoms with E-state index in [1.807, 2.05) is 48.5 Å². The van der Waals surface area contributed by atoms with Crippen LogP contribution in [0.3, 0.4) is 0 Å². The number of hydrogen-bond acceptors (Lipinski definition) is 3. The molecule has 1 N–H and O–H groups in total. The maximum Gasteiger partial charge on any atom is 0.282 e. The van der Waals surface area contributed by atoms with Crippen LogP contribution in [0.25, 0.3) is 38.5 Å². The first-order chi connectivity index (χ1) is 10.8. The summed E-state index contributed by atoms with van der Waals surface area (Å²) in [5, 5.41) is 6.10. The van der Waals surface area contributed by atoms with Crippen molar-refractivity contribution in [3.05, 3.63) is 65.0 Å². The Bertz CT molecular complexity index is 1250. The summed E-state index contributed by atoms with van der Waals surface area (Å²) in [6.45, 7) is 0. The molecule has 104 valence electrons. The molecule has 0 spiro atoms. The predicted molar refractivity (Wildman–Crippen MR) is 86.1 cm³/mol. The highest BCUT2D eigenvalue weighted by Crippen LogP contribution is 2.23. The maximum absolute atomic E-state index is 12.6. The third-order valence-electron chi connectivity index (χ3n) is 3.96. The van der Waals surface area contributed by atoms with Crippen molar-refractivity contribution in [3.8, 4) is 0 Å². The van der Waals surface area contributed by atoms with Gasteiger partial charge in [0.25, 0.3) is 5.56 Å². The molecule has 0 aliphatic heterocycles. The molecule has 0 aliphatic carbocycles. The molecule has 0 unspecified atom stereocenters. The predicted octanol–water partition coefficient (Wildman–Crippen LogP) is 2.88. The van der Waals surface area contributed by atoms with Crippen LogP contribution < -0.4 is 5.56 Å². The second kappa shape index (κ2) is 3.92. The summed E-state index contributed by atoms with van der Waals surface area (Å²) in [5.74, 6) is 0. The second-order valence-electron chi connectivity index (χ2n) is 5.28. The third kappa shape index (κ3) is 1.39. The molecule has 5 rings (SSSR count). The zero-order valence-electron chi connectivity index (χ0n) is 11.4. The van der Waals surface area contributed by atoms with Gasteiger partial charge in [0.05, 0.1) is 16.4 Å². The summed E-state index contributed by atoms with van der Waals surface area (Å²) in [5.41, 5.74) is 3.74. The molecule has 0 atom stereocenters. The average Bonchev–Trinajstić information content (AvgIpc) is 2.91. The minimum atomic E-state index is -0.146. The quantitative estimate of drug-likeness (QED) is 0.445. The van der Waals surface area contributed by atoms with Crippen LogP contribution in [0.4, 0.5) is 0 Å². The van der Waals surface area contributed by atoms with Crippen molar-refractivity contribution in [3.63, 3.8) is 0 Å². The lowest BCUT2D eigenvalue weighted by atomic mass is 10.2. The number of benzene rings is 2. The molecule has 0 saturated carbocycles. The van der Waals surface area contributed by atoms with Gasteiger partial charge in [0.2, 0.25) is 0 Å². The molecule has 5 heteroatoms. The summed E-state index contributed by atoms with van der Waals surface area (Å²) in [6, 6.07) is 17.1. The first-order valence-electron chi connectivity index (χ1n) is 7.00. The standard InChI is InChI=1S/C17H10N4O/c22-17-11-6-2-4-8-13(11)19-15-9-14-16(20-21(15)17)10-5-1-3-7-12(10)18-14/h1-9,18H. The topological polar surface area (TPSA) is 63.0 Å². The van der Waals surface area contributed by atoms with Gasteiger partial charge in [-0.15, -0.1) is 0 Å². The highest BCUT2D eigenvalue weighted by Gasteiger charge is 2.10. The van der Waals surface area contributed by atoms with Crippen LogP contribution in [-0.4, -0.2) is 19.6 Å². The molecule has 0 saturated heterocycles. The Labute approximate surface area is 123 Å². The van der Waals surface area contributed by atoms with E-state index in [0.717, 1.165) is 21.9 Å². The molecule has 0 bridgehead atoms. The fraction of sp³-hybridized carbons (Fsp3) is 0. The first kappa shape index (κ1) is 11.4. The Kier molecular flexibility index (Phi) is 2.04. The number of para-hydroxylation sites is 2. The van der Waals surface area contributed by atoms with Crippen LogP contribution in [0.15, 0.2) is 59.4 Å². The number of H-pyrrole nitrogens is 1. The van der Waals surface area contributed by atoms with Crippen molar-refractivity contribution < 1.29 is 0 Å². The fourth-order valence-corrected chi connectivity index (χ4v) is 2.92. The van der Waals surface area contributed by atoms with Gasteiger partial charge in [0, 0.05) is 17.0 Å². The number of nitrogens with one attached hydrogen (secondary N) is 1. The van der Waals surface area contributed by atoms with Crippen molar-refractivity contribution in [2.75, 3.05) is 0 Å². The summed E-state index contributed by atoms with van der Waals surface area (Å²) in [4.78, 5) is 20.5. The molecule has 2 aromatic carbocycles. The van der Waals surface area contributed by atoms with Gasteiger partial charge in [0.1, 0.15) is 5.52 Å². The Morgan fingerprint density at radius 1 is 0.909 bits per heavy atom. The van der Waals surface area contributed by atoms with E-state index in [2.05, 4.69) is 15.1 Å². The third-order valence-corrected chi connectivity index (χ3v) is 3.96. The number of fused-ring (bicyclic) bond motifs is 5. The lowest BCUT2D eigenvalue weighted by molar-refractivity contribution is 0.910. The zero-order valence-corrected chi connectivity index (χ0v) is 11.4. The Morgan fingerprint density at radius 2 is 1.68 bits per heavy atom. The van der Waals surface area contributed by atoms with Crippen LogP contribution in [0.5, 0.6) is 0 Å². The SMILES string of the molecule is O=c1c2ccccc2nc2cc3[nH]c4ccccc4c3nn12. The number of aromatic amines is 1. The molecular weight excluding hydrogens is 276 g/mol. The monoisotopic (exact) mass is 286 g/mol. The van der Waals surface area contributed by atoms with Gasteiger partial charge in [0.15, 0.2) is 5.65 Å². The van der Waals surface area contributed by atoms with Gasteiger partial charge < -0.3 is 4.98 Å². The molecule has 5 nitrogen and oxygen atoms in total. The van der Waals surface area contributed by atoms with Gasteiger partial charge in [-0.25, -0.2) is 4.98 Å². The van der Waals surface area contributed by atoms with Crippen LogP contribution >= 0.6 is 0 Å². The lowest BCUT2D eigenvalue weighted by Gasteiger charge is -2.02. The maximum atomic E-state index is 12.6. The molecule has 22 heavy (non-hydrogen) atoms. The fourth-order valence-electron chi connectivity index (χ4n) is 2.92. The molecule has 3 heterocycles. The molecular formula is C17H10N4O. The minimum Gasteiger partial charge on any atom is -0.353 e. The average molecular weight is 286 g/mol. The van der Waals surface area contributed by atoms with E-state index in [1.54, 1.807) is 6.07 Å². The van der Waals surface area contributed by atoms with Crippen LogP contribution in [0, 0.1) is 0 Å². The molecule has 5 aromatic rings. The molecule has 0 amide bonds. The van der Waals surface area contributed by atoms with Crippen molar-refractivity contribution in [2.24, 2.45) is 0 Å². The number of aromatic nitrogens is 4.